The van der Waals surface area contributed by atoms with Crippen molar-refractivity contribution in [3.05, 3.63) is 65.1 Å². The molecule has 1 N–H and O–H groups in total. The van der Waals surface area contributed by atoms with Gasteiger partial charge in [-0.05, 0) is 49.7 Å². The Hall–Kier alpha value is -2.92. The summed E-state index contributed by atoms with van der Waals surface area (Å²) in [6.45, 7) is 3.80. The van der Waals surface area contributed by atoms with Gasteiger partial charge in [0.25, 0.3) is 0 Å². The van der Waals surface area contributed by atoms with E-state index in [1.54, 1.807) is 11.7 Å². The maximum atomic E-state index is 12.6. The summed E-state index contributed by atoms with van der Waals surface area (Å²) in [5, 5.41) is 4.25. The second-order valence-corrected chi connectivity index (χ2v) is 8.33. The molecule has 1 aromatic carbocycles. The Kier molecular flexibility index (Phi) is 5.86. The second-order valence-electron chi connectivity index (χ2n) is 6.56. The van der Waals surface area contributed by atoms with Crippen LogP contribution in [0.1, 0.15) is 22.5 Å². The molecule has 0 atom stereocenters. The van der Waals surface area contributed by atoms with Crippen LogP contribution in [0.3, 0.4) is 0 Å². The van der Waals surface area contributed by atoms with Crippen molar-refractivity contribution in [2.24, 2.45) is 7.05 Å². The van der Waals surface area contributed by atoms with E-state index >= 15 is 0 Å². The summed E-state index contributed by atoms with van der Waals surface area (Å²) >= 11 is 0. The van der Waals surface area contributed by atoms with E-state index in [0.717, 1.165) is 29.1 Å². The first-order chi connectivity index (χ1) is 14.0. The van der Waals surface area contributed by atoms with Gasteiger partial charge in [-0.15, -0.1) is 0 Å². The topological polar surface area (TPSA) is 86.1 Å². The van der Waals surface area contributed by atoms with E-state index in [9.17, 15) is 21.6 Å². The molecular weight excluding hydrogens is 421 g/mol. The van der Waals surface area contributed by atoms with Crippen molar-refractivity contribution in [1.29, 1.82) is 0 Å². The molecule has 2 aromatic heterocycles. The van der Waals surface area contributed by atoms with Crippen LogP contribution in [-0.2, 0) is 29.8 Å². The van der Waals surface area contributed by atoms with E-state index in [2.05, 4.69) is 14.8 Å². The molecule has 2 heterocycles. The number of ether oxygens (including phenoxy) is 1. The molecule has 0 fully saturated rings. The molecule has 30 heavy (non-hydrogen) atoms. The number of nitrogens with one attached hydrogen (secondary N) is 1. The summed E-state index contributed by atoms with van der Waals surface area (Å²) in [5.41, 5.74) is 1.60. The molecule has 0 aliphatic rings. The van der Waals surface area contributed by atoms with Crippen LogP contribution in [0.25, 0.3) is 0 Å². The summed E-state index contributed by atoms with van der Waals surface area (Å²) in [5.74, 6) is 0.193. The van der Waals surface area contributed by atoms with E-state index in [1.807, 2.05) is 13.8 Å². The SMILES string of the molecule is Cc1nn(C)c(CNS(=O)(=O)c2ccc(Oc3ccc(C(F)(F)F)cn3)cc2)c1C. The average molecular weight is 440 g/mol. The molecule has 0 aliphatic carbocycles. The van der Waals surface area contributed by atoms with Crippen molar-refractivity contribution in [2.45, 2.75) is 31.5 Å². The van der Waals surface area contributed by atoms with Crippen LogP contribution >= 0.6 is 0 Å². The highest BCUT2D eigenvalue weighted by molar-refractivity contribution is 7.89. The lowest BCUT2D eigenvalue weighted by Gasteiger charge is -2.10. The van der Waals surface area contributed by atoms with Crippen LogP contribution < -0.4 is 9.46 Å². The van der Waals surface area contributed by atoms with E-state index < -0.39 is 21.8 Å². The largest absolute Gasteiger partial charge is 0.439 e. The van der Waals surface area contributed by atoms with Gasteiger partial charge in [-0.1, -0.05) is 0 Å². The van der Waals surface area contributed by atoms with E-state index in [1.165, 1.54) is 24.3 Å². The van der Waals surface area contributed by atoms with Crippen LogP contribution in [-0.4, -0.2) is 23.2 Å². The smallest absolute Gasteiger partial charge is 0.417 e. The first kappa shape index (κ1) is 21.8. The fourth-order valence-corrected chi connectivity index (χ4v) is 3.71. The molecule has 0 bridgehead atoms. The van der Waals surface area contributed by atoms with Gasteiger partial charge in [0.2, 0.25) is 15.9 Å². The number of aryl methyl sites for hydroxylation is 2. The summed E-state index contributed by atoms with van der Waals surface area (Å²) in [7, 11) is -2.04. The number of rotatable bonds is 6. The lowest BCUT2D eigenvalue weighted by molar-refractivity contribution is -0.137. The van der Waals surface area contributed by atoms with Crippen molar-refractivity contribution in [2.75, 3.05) is 0 Å². The van der Waals surface area contributed by atoms with E-state index in [4.69, 9.17) is 4.74 Å². The molecule has 0 spiro atoms. The molecule has 0 amide bonds. The van der Waals surface area contributed by atoms with Gasteiger partial charge >= 0.3 is 6.18 Å². The van der Waals surface area contributed by atoms with Gasteiger partial charge in [0, 0.05) is 19.3 Å². The Bertz CT molecular complexity index is 1140. The molecule has 0 unspecified atom stereocenters. The highest BCUT2D eigenvalue weighted by atomic mass is 32.2. The van der Waals surface area contributed by atoms with Crippen molar-refractivity contribution in [3.8, 4) is 11.6 Å². The predicted octanol–water partition coefficient (Wildman–Crippen LogP) is 3.72. The first-order valence-electron chi connectivity index (χ1n) is 8.77. The number of hydrogen-bond donors (Lipinski definition) is 1. The summed E-state index contributed by atoms with van der Waals surface area (Å²) in [4.78, 5) is 3.63. The van der Waals surface area contributed by atoms with Crippen LogP contribution in [0.4, 0.5) is 13.2 Å². The number of pyridine rings is 1. The standard InChI is InChI=1S/C19H19F3N4O3S/c1-12-13(2)25-26(3)17(12)11-24-30(27,28)16-7-5-15(6-8-16)29-18-9-4-14(10-23-18)19(20,21)22/h4-10,24H,11H2,1-3H3. The molecule has 160 valence electrons. The molecule has 7 nitrogen and oxygen atoms in total. The van der Waals surface area contributed by atoms with Crippen molar-refractivity contribution in [3.63, 3.8) is 0 Å². The Balaban J connectivity index is 1.68. The zero-order chi connectivity index (χ0) is 22.1. The van der Waals surface area contributed by atoms with E-state index in [0.29, 0.717) is 6.20 Å². The quantitative estimate of drug-likeness (QED) is 0.631. The zero-order valence-electron chi connectivity index (χ0n) is 16.4. The van der Waals surface area contributed by atoms with E-state index in [-0.39, 0.29) is 23.1 Å². The lowest BCUT2D eigenvalue weighted by atomic mass is 10.2. The Morgan fingerprint density at radius 1 is 1.10 bits per heavy atom. The van der Waals surface area contributed by atoms with Crippen molar-refractivity contribution in [1.82, 2.24) is 19.5 Å². The number of sulfonamides is 1. The molecular formula is C19H19F3N4O3S. The summed E-state index contributed by atoms with van der Waals surface area (Å²) in [6, 6.07) is 7.41. The lowest BCUT2D eigenvalue weighted by Crippen LogP contribution is -2.24. The van der Waals surface area contributed by atoms with Crippen LogP contribution in [0.2, 0.25) is 0 Å². The van der Waals surface area contributed by atoms with Crippen LogP contribution in [0, 0.1) is 13.8 Å². The van der Waals surface area contributed by atoms with Gasteiger partial charge in [0.05, 0.1) is 28.4 Å². The monoisotopic (exact) mass is 440 g/mol. The summed E-state index contributed by atoms with van der Waals surface area (Å²) < 4.78 is 72.3. The zero-order valence-corrected chi connectivity index (χ0v) is 17.2. The van der Waals surface area contributed by atoms with Crippen LogP contribution in [0.5, 0.6) is 11.6 Å². The predicted molar refractivity (Wildman–Crippen MR) is 102 cm³/mol. The third-order valence-electron chi connectivity index (χ3n) is 4.52. The number of halogens is 3. The molecule has 3 rings (SSSR count). The highest BCUT2D eigenvalue weighted by Crippen LogP contribution is 2.30. The van der Waals surface area contributed by atoms with Crippen molar-refractivity contribution < 1.29 is 26.3 Å². The molecule has 3 aromatic rings. The van der Waals surface area contributed by atoms with Gasteiger partial charge in [-0.3, -0.25) is 4.68 Å². The minimum Gasteiger partial charge on any atom is -0.439 e. The van der Waals surface area contributed by atoms with Crippen LogP contribution in [0.15, 0.2) is 47.5 Å². The number of hydrogen-bond acceptors (Lipinski definition) is 5. The maximum Gasteiger partial charge on any atom is 0.417 e. The number of benzene rings is 1. The molecule has 0 saturated carbocycles. The fourth-order valence-electron chi connectivity index (χ4n) is 2.72. The van der Waals surface area contributed by atoms with Gasteiger partial charge in [0.15, 0.2) is 0 Å². The van der Waals surface area contributed by atoms with Gasteiger partial charge in [-0.25, -0.2) is 18.1 Å². The minimum atomic E-state index is -4.48. The second kappa shape index (κ2) is 8.07. The number of nitrogens with zero attached hydrogens (tertiary/aromatic N) is 3. The van der Waals surface area contributed by atoms with Gasteiger partial charge in [-0.2, -0.15) is 18.3 Å². The maximum absolute atomic E-state index is 12.6. The third kappa shape index (κ3) is 4.79. The third-order valence-corrected chi connectivity index (χ3v) is 5.93. The number of aromatic nitrogens is 3. The first-order valence-corrected chi connectivity index (χ1v) is 10.3. The van der Waals surface area contributed by atoms with Gasteiger partial charge in [0.1, 0.15) is 5.75 Å². The fraction of sp³-hybridized carbons (Fsp3) is 0.263. The molecule has 0 aliphatic heterocycles. The summed E-state index contributed by atoms with van der Waals surface area (Å²) in [6.07, 6.45) is -3.82. The van der Waals surface area contributed by atoms with Crippen molar-refractivity contribution >= 4 is 10.0 Å². The number of alkyl halides is 3. The van der Waals surface area contributed by atoms with Gasteiger partial charge < -0.3 is 4.74 Å². The normalized spacial score (nSPS) is 12.2. The Labute approximate surface area is 171 Å². The molecule has 0 radical (unpaired) electrons. The Morgan fingerprint density at radius 3 is 2.27 bits per heavy atom. The molecule has 0 saturated heterocycles. The highest BCUT2D eigenvalue weighted by Gasteiger charge is 2.30. The molecule has 11 heteroatoms. The average Bonchev–Trinajstić information content (AvgIpc) is 2.92. The Morgan fingerprint density at radius 2 is 1.77 bits per heavy atom. The minimum absolute atomic E-state index is 0.0202.